The van der Waals surface area contributed by atoms with Gasteiger partial charge in [-0.3, -0.25) is 0 Å². The van der Waals surface area contributed by atoms with E-state index in [-0.39, 0.29) is 0 Å². The molecule has 1 heterocycles. The molecule has 0 amide bonds. The lowest BCUT2D eigenvalue weighted by Gasteiger charge is -2.11. The predicted molar refractivity (Wildman–Crippen MR) is 80.6 cm³/mol. The van der Waals surface area contributed by atoms with Crippen molar-refractivity contribution in [3.8, 4) is 5.75 Å². The first-order valence-corrected chi connectivity index (χ1v) is 6.62. The molecule has 0 aliphatic carbocycles. The van der Waals surface area contributed by atoms with Gasteiger partial charge in [-0.05, 0) is 28.1 Å². The van der Waals surface area contributed by atoms with E-state index < -0.39 is 0 Å². The normalized spacial score (nSPS) is 10.1. The van der Waals surface area contributed by atoms with Crippen LogP contribution in [0.5, 0.6) is 5.75 Å². The van der Waals surface area contributed by atoms with E-state index in [1.807, 2.05) is 18.2 Å². The van der Waals surface area contributed by atoms with Crippen LogP contribution in [0.15, 0.2) is 28.9 Å². The average Bonchev–Trinajstić information content (AvgIpc) is 2.43. The van der Waals surface area contributed by atoms with Crippen LogP contribution in [0.3, 0.4) is 0 Å². The molecule has 1 aromatic carbocycles. The van der Waals surface area contributed by atoms with Gasteiger partial charge < -0.3 is 15.4 Å². The summed E-state index contributed by atoms with van der Waals surface area (Å²) in [5.74, 6) is 1.76. The molecule has 19 heavy (non-hydrogen) atoms. The lowest BCUT2D eigenvalue weighted by atomic mass is 10.3. The summed E-state index contributed by atoms with van der Waals surface area (Å²) in [7, 11) is 3.36. The van der Waals surface area contributed by atoms with Crippen LogP contribution in [0.1, 0.15) is 0 Å². The van der Waals surface area contributed by atoms with E-state index >= 15 is 0 Å². The molecule has 0 unspecified atom stereocenters. The number of halogens is 2. The van der Waals surface area contributed by atoms with Crippen molar-refractivity contribution in [3.63, 3.8) is 0 Å². The van der Waals surface area contributed by atoms with Crippen LogP contribution in [-0.4, -0.2) is 24.1 Å². The standard InChI is InChI=1S/C12H12BrClN4O/c1-15-12-16-6-9(14)11(18-12)17-10-5-7(19-2)3-4-8(10)13/h3-6H,1-2H3,(H2,15,16,17,18). The highest BCUT2D eigenvalue weighted by molar-refractivity contribution is 9.10. The molecule has 0 aliphatic heterocycles. The Morgan fingerprint density at radius 3 is 2.84 bits per heavy atom. The molecule has 0 atom stereocenters. The number of hydrogen-bond acceptors (Lipinski definition) is 5. The van der Waals surface area contributed by atoms with Crippen molar-refractivity contribution in [2.24, 2.45) is 0 Å². The number of ether oxygens (including phenoxy) is 1. The Bertz CT molecular complexity index is 542. The second kappa shape index (κ2) is 6.08. The third-order valence-electron chi connectivity index (χ3n) is 2.39. The Labute approximate surface area is 124 Å². The number of aromatic nitrogens is 2. The van der Waals surface area contributed by atoms with E-state index in [4.69, 9.17) is 16.3 Å². The summed E-state index contributed by atoms with van der Waals surface area (Å²) in [6, 6.07) is 5.59. The fourth-order valence-corrected chi connectivity index (χ4v) is 1.91. The molecule has 7 heteroatoms. The number of benzene rings is 1. The van der Waals surface area contributed by atoms with Crippen LogP contribution < -0.4 is 15.4 Å². The molecule has 0 radical (unpaired) electrons. The van der Waals surface area contributed by atoms with E-state index in [0.29, 0.717) is 16.8 Å². The first-order valence-electron chi connectivity index (χ1n) is 5.45. The first-order chi connectivity index (χ1) is 9.13. The second-order valence-corrected chi connectivity index (χ2v) is 4.87. The lowest BCUT2D eigenvalue weighted by Crippen LogP contribution is -2.01. The zero-order valence-corrected chi connectivity index (χ0v) is 12.7. The summed E-state index contributed by atoms with van der Waals surface area (Å²) in [4.78, 5) is 8.28. The van der Waals surface area contributed by atoms with Gasteiger partial charge in [0.05, 0.1) is 19.0 Å². The molecule has 0 saturated heterocycles. The van der Waals surface area contributed by atoms with Crippen LogP contribution in [0.25, 0.3) is 0 Å². The zero-order chi connectivity index (χ0) is 13.8. The van der Waals surface area contributed by atoms with Gasteiger partial charge in [0.15, 0.2) is 5.82 Å². The van der Waals surface area contributed by atoms with Crippen molar-refractivity contribution in [1.29, 1.82) is 0 Å². The molecule has 2 rings (SSSR count). The largest absolute Gasteiger partial charge is 0.497 e. The van der Waals surface area contributed by atoms with Crippen LogP contribution in [-0.2, 0) is 0 Å². The minimum Gasteiger partial charge on any atom is -0.497 e. The zero-order valence-electron chi connectivity index (χ0n) is 10.4. The van der Waals surface area contributed by atoms with E-state index in [9.17, 15) is 0 Å². The van der Waals surface area contributed by atoms with Gasteiger partial charge in [-0.1, -0.05) is 11.6 Å². The molecule has 1 aromatic heterocycles. The van der Waals surface area contributed by atoms with Gasteiger partial charge in [-0.2, -0.15) is 4.98 Å². The topological polar surface area (TPSA) is 59.1 Å². The Kier molecular flexibility index (Phi) is 4.44. The van der Waals surface area contributed by atoms with Gasteiger partial charge in [-0.15, -0.1) is 0 Å². The Balaban J connectivity index is 2.35. The molecule has 5 nitrogen and oxygen atoms in total. The quantitative estimate of drug-likeness (QED) is 0.886. The van der Waals surface area contributed by atoms with E-state index in [0.717, 1.165) is 15.9 Å². The van der Waals surface area contributed by atoms with Gasteiger partial charge in [0, 0.05) is 17.6 Å². The van der Waals surface area contributed by atoms with Crippen molar-refractivity contribution < 1.29 is 4.74 Å². The predicted octanol–water partition coefficient (Wildman–Crippen LogP) is 3.69. The number of rotatable bonds is 4. The summed E-state index contributed by atoms with van der Waals surface area (Å²) < 4.78 is 6.07. The highest BCUT2D eigenvalue weighted by atomic mass is 79.9. The Hall–Kier alpha value is -1.53. The Morgan fingerprint density at radius 2 is 2.16 bits per heavy atom. The summed E-state index contributed by atoms with van der Waals surface area (Å²) in [5.41, 5.74) is 0.807. The molecular weight excluding hydrogens is 332 g/mol. The maximum Gasteiger partial charge on any atom is 0.224 e. The summed E-state index contributed by atoms with van der Waals surface area (Å²) in [6.07, 6.45) is 1.54. The Morgan fingerprint density at radius 1 is 1.37 bits per heavy atom. The third-order valence-corrected chi connectivity index (χ3v) is 3.36. The van der Waals surface area contributed by atoms with E-state index in [1.54, 1.807) is 14.2 Å². The number of methoxy groups -OCH3 is 1. The first kappa shape index (κ1) is 13.9. The van der Waals surface area contributed by atoms with Crippen molar-refractivity contribution in [2.45, 2.75) is 0 Å². The number of nitrogens with one attached hydrogen (secondary N) is 2. The monoisotopic (exact) mass is 342 g/mol. The van der Waals surface area contributed by atoms with Crippen LogP contribution in [0, 0.1) is 0 Å². The SMILES string of the molecule is CNc1ncc(Cl)c(Nc2cc(OC)ccc2Br)n1. The molecular formula is C12H12BrClN4O. The highest BCUT2D eigenvalue weighted by Crippen LogP contribution is 2.31. The fourth-order valence-electron chi connectivity index (χ4n) is 1.43. The molecule has 100 valence electrons. The lowest BCUT2D eigenvalue weighted by molar-refractivity contribution is 0.415. The molecule has 2 aromatic rings. The smallest absolute Gasteiger partial charge is 0.224 e. The van der Waals surface area contributed by atoms with Crippen LogP contribution in [0.2, 0.25) is 5.02 Å². The molecule has 0 saturated carbocycles. The minimum absolute atomic E-state index is 0.439. The third kappa shape index (κ3) is 3.27. The summed E-state index contributed by atoms with van der Waals surface area (Å²) in [6.45, 7) is 0. The maximum absolute atomic E-state index is 6.07. The average molecular weight is 344 g/mol. The number of nitrogens with zero attached hydrogens (tertiary/aromatic N) is 2. The van der Waals surface area contributed by atoms with Crippen molar-refractivity contribution in [2.75, 3.05) is 24.8 Å². The van der Waals surface area contributed by atoms with Crippen molar-refractivity contribution in [1.82, 2.24) is 9.97 Å². The fraction of sp³-hybridized carbons (Fsp3) is 0.167. The van der Waals surface area contributed by atoms with Crippen molar-refractivity contribution in [3.05, 3.63) is 33.9 Å². The van der Waals surface area contributed by atoms with Gasteiger partial charge in [-0.25, -0.2) is 4.98 Å². The number of hydrogen-bond donors (Lipinski definition) is 2. The van der Waals surface area contributed by atoms with E-state index in [1.165, 1.54) is 6.20 Å². The van der Waals surface area contributed by atoms with Gasteiger partial charge >= 0.3 is 0 Å². The maximum atomic E-state index is 6.07. The van der Waals surface area contributed by atoms with Crippen LogP contribution in [0.4, 0.5) is 17.5 Å². The van der Waals surface area contributed by atoms with Gasteiger partial charge in [0.2, 0.25) is 5.95 Å². The van der Waals surface area contributed by atoms with Gasteiger partial charge in [0.25, 0.3) is 0 Å². The molecule has 0 fully saturated rings. The molecule has 2 N–H and O–H groups in total. The summed E-state index contributed by atoms with van der Waals surface area (Å²) in [5, 5.41) is 6.44. The van der Waals surface area contributed by atoms with Crippen molar-refractivity contribution >= 4 is 45.0 Å². The minimum atomic E-state index is 0.439. The van der Waals surface area contributed by atoms with Gasteiger partial charge in [0.1, 0.15) is 10.8 Å². The van der Waals surface area contributed by atoms with E-state index in [2.05, 4.69) is 36.5 Å². The highest BCUT2D eigenvalue weighted by Gasteiger charge is 2.08. The summed E-state index contributed by atoms with van der Waals surface area (Å²) >= 11 is 9.52. The molecule has 0 bridgehead atoms. The molecule has 0 spiro atoms. The number of anilines is 3. The second-order valence-electron chi connectivity index (χ2n) is 3.61. The molecule has 0 aliphatic rings. The van der Waals surface area contributed by atoms with Crippen LogP contribution >= 0.6 is 27.5 Å².